The van der Waals surface area contributed by atoms with Gasteiger partial charge in [-0.25, -0.2) is 0 Å². The highest BCUT2D eigenvalue weighted by molar-refractivity contribution is 6.12. The second-order valence-corrected chi connectivity index (χ2v) is 9.85. The van der Waals surface area contributed by atoms with E-state index in [2.05, 4.69) is 0 Å². The Morgan fingerprint density at radius 3 is 1.66 bits per heavy atom. The number of benzene rings is 7. The van der Waals surface area contributed by atoms with Gasteiger partial charge in [0.05, 0.1) is 49.5 Å². The monoisotopic (exact) mass is 580 g/mol. The predicted octanol–water partition coefficient (Wildman–Crippen LogP) is 11.2. The minimum absolute atomic E-state index is 0.127. The zero-order chi connectivity index (χ0) is 46.4. The summed E-state index contributed by atoms with van der Waals surface area (Å²) in [7, 11) is 0. The van der Waals surface area contributed by atoms with Crippen LogP contribution in [0.2, 0.25) is 0 Å². The molecule has 2 nitrogen and oxygen atoms in total. The third-order valence-corrected chi connectivity index (χ3v) is 7.41. The van der Waals surface area contributed by atoms with Crippen molar-refractivity contribution in [1.29, 1.82) is 0 Å². The molecule has 0 atom stereocenters. The van der Waals surface area contributed by atoms with Crippen LogP contribution in [0.15, 0.2) is 169 Å². The highest BCUT2D eigenvalue weighted by atomic mass is 15.0. The molecule has 0 unspecified atom stereocenters. The Bertz CT molecular complexity index is 3540. The van der Waals surface area contributed by atoms with Gasteiger partial charge in [-0.3, -0.25) is 0 Å². The molecule has 9 rings (SSSR count). The molecular weight excluding hydrogens is 532 g/mol. The fourth-order valence-electron chi connectivity index (χ4n) is 5.54. The first kappa shape index (κ1) is 12.0. The highest BCUT2D eigenvalue weighted by Crippen LogP contribution is 2.37. The van der Waals surface area contributed by atoms with E-state index < -0.39 is 160 Å². The van der Waals surface area contributed by atoms with E-state index in [1.54, 1.807) is 28.8 Å². The fraction of sp³-hybridized carbons (Fsp3) is 0. The number of rotatable bonds is 4. The number of para-hydroxylation sites is 3. The van der Waals surface area contributed by atoms with Gasteiger partial charge in [-0.05, 0) is 76.7 Å². The SMILES string of the molecule is [2H]c1c([2H])c([2H])c(-c2c([2H])c([2H])c([2H])c(-c3c([2H])c([2H])c([2H])c(-n4c5c([2H])c([2H])c([2H])c([2H])c5c5c([2H])c(-n6c7ccccc7c7ccccc76)c([2H])c([2H])c54)c3[2H])c2[2H])c([2H])c1[2H]. The maximum Gasteiger partial charge on any atom is 0.0652 e. The van der Waals surface area contributed by atoms with E-state index in [-0.39, 0.29) is 16.5 Å². The first-order valence-corrected chi connectivity index (χ1v) is 13.5. The Hall–Kier alpha value is -5.86. The van der Waals surface area contributed by atoms with Crippen molar-refractivity contribution in [2.24, 2.45) is 0 Å². The van der Waals surface area contributed by atoms with Crippen LogP contribution in [0.3, 0.4) is 0 Å². The molecule has 0 fully saturated rings. The van der Waals surface area contributed by atoms with Gasteiger partial charge in [-0.2, -0.15) is 0 Å². The molecular formula is C42H28N2. The summed E-state index contributed by atoms with van der Waals surface area (Å²) in [6, 6.07) is -1.84. The van der Waals surface area contributed by atoms with Gasteiger partial charge >= 0.3 is 0 Å². The molecule has 2 heterocycles. The molecule has 206 valence electrons. The maximum atomic E-state index is 9.79. The molecule has 0 saturated heterocycles. The van der Waals surface area contributed by atoms with Crippen molar-refractivity contribution in [3.63, 3.8) is 0 Å². The van der Waals surface area contributed by atoms with Gasteiger partial charge in [0.25, 0.3) is 0 Å². The topological polar surface area (TPSA) is 9.86 Å². The summed E-state index contributed by atoms with van der Waals surface area (Å²) in [4.78, 5) is 0. The second kappa shape index (κ2) is 9.86. The molecule has 0 spiro atoms. The lowest BCUT2D eigenvalue weighted by Crippen LogP contribution is -1.96. The van der Waals surface area contributed by atoms with Crippen LogP contribution in [0.1, 0.15) is 27.4 Å². The first-order chi connectivity index (χ1) is 30.2. The van der Waals surface area contributed by atoms with Crippen LogP contribution in [0, 0.1) is 0 Å². The van der Waals surface area contributed by atoms with Crippen LogP contribution in [-0.4, -0.2) is 9.13 Å². The third-order valence-electron chi connectivity index (χ3n) is 7.41. The Morgan fingerprint density at radius 1 is 0.341 bits per heavy atom. The van der Waals surface area contributed by atoms with Crippen LogP contribution in [0.4, 0.5) is 0 Å². The summed E-state index contributed by atoms with van der Waals surface area (Å²) in [6.45, 7) is 0. The molecule has 0 bridgehead atoms. The predicted molar refractivity (Wildman–Crippen MR) is 186 cm³/mol. The molecule has 2 heteroatoms. The van der Waals surface area contributed by atoms with Crippen molar-refractivity contribution >= 4 is 43.6 Å². The van der Waals surface area contributed by atoms with E-state index in [1.807, 2.05) is 24.3 Å². The Labute approximate surface area is 283 Å². The standard InChI is InChI=1S/C42H28N2/c1-2-12-29(13-3-1)30-14-10-15-31(26-30)32-16-11-17-33(27-32)43-41-23-9-6-20-37(41)38-28-34(24-25-42(38)43)44-39-21-7-4-18-35(39)36-19-5-8-22-40(36)44/h1-28H/i1D,2D,3D,6D,9D,10D,11D,12D,13D,14D,15D,16D,17D,20D,23D,24D,25D,26D,27D,28D. The Balaban J connectivity index is 1.47. The normalized spacial score (nSPS) is 18.0. The first-order valence-electron chi connectivity index (χ1n) is 23.5. The lowest BCUT2D eigenvalue weighted by molar-refractivity contribution is 1.17. The van der Waals surface area contributed by atoms with Crippen molar-refractivity contribution in [3.05, 3.63) is 169 Å². The van der Waals surface area contributed by atoms with Gasteiger partial charge in [0, 0.05) is 32.9 Å². The van der Waals surface area contributed by atoms with E-state index in [9.17, 15) is 8.22 Å². The van der Waals surface area contributed by atoms with Gasteiger partial charge in [0.1, 0.15) is 0 Å². The van der Waals surface area contributed by atoms with Crippen LogP contribution in [-0.2, 0) is 0 Å². The van der Waals surface area contributed by atoms with Crippen LogP contribution in [0.25, 0.3) is 77.2 Å². The fourth-order valence-corrected chi connectivity index (χ4v) is 5.54. The summed E-state index contributed by atoms with van der Waals surface area (Å²) in [5.74, 6) is 0. The van der Waals surface area contributed by atoms with E-state index in [0.29, 0.717) is 11.0 Å². The quantitative estimate of drug-likeness (QED) is 0.196. The summed E-state index contributed by atoms with van der Waals surface area (Å²) in [6.07, 6.45) is 0. The lowest BCUT2D eigenvalue weighted by Gasteiger charge is -2.12. The number of hydrogen-bond acceptors (Lipinski definition) is 0. The maximum absolute atomic E-state index is 9.79. The van der Waals surface area contributed by atoms with Crippen molar-refractivity contribution in [2.45, 2.75) is 0 Å². The average Bonchev–Trinajstić information content (AvgIpc) is 3.80. The molecule has 0 N–H and O–H groups in total. The molecule has 7 aromatic carbocycles. The number of hydrogen-bond donors (Lipinski definition) is 0. The average molecular weight is 581 g/mol. The van der Waals surface area contributed by atoms with Crippen LogP contribution >= 0.6 is 0 Å². The molecule has 0 aliphatic rings. The van der Waals surface area contributed by atoms with E-state index >= 15 is 0 Å². The molecule has 0 saturated carbocycles. The van der Waals surface area contributed by atoms with Gasteiger partial charge in [0.15, 0.2) is 0 Å². The molecule has 0 radical (unpaired) electrons. The number of aromatic nitrogens is 2. The molecule has 44 heavy (non-hydrogen) atoms. The highest BCUT2D eigenvalue weighted by Gasteiger charge is 2.16. The second-order valence-electron chi connectivity index (χ2n) is 9.85. The third kappa shape index (κ3) is 3.82. The molecule has 2 aromatic heterocycles. The Kier molecular flexibility index (Phi) is 2.70. The summed E-state index contributed by atoms with van der Waals surface area (Å²) in [5, 5.41) is 0.895. The van der Waals surface area contributed by atoms with Gasteiger partial charge in [-0.1, -0.05) is 115 Å². The largest absolute Gasteiger partial charge is 0.309 e. The zero-order valence-electron chi connectivity index (χ0n) is 42.5. The van der Waals surface area contributed by atoms with Gasteiger partial charge in [0.2, 0.25) is 0 Å². The molecule has 0 aliphatic heterocycles. The minimum atomic E-state index is -0.952. The van der Waals surface area contributed by atoms with Gasteiger partial charge in [-0.15, -0.1) is 0 Å². The van der Waals surface area contributed by atoms with Crippen LogP contribution < -0.4 is 0 Å². The smallest absolute Gasteiger partial charge is 0.0652 e. The number of fused-ring (bicyclic) bond motifs is 6. The van der Waals surface area contributed by atoms with Crippen molar-refractivity contribution < 1.29 is 27.4 Å². The van der Waals surface area contributed by atoms with Crippen molar-refractivity contribution in [1.82, 2.24) is 9.13 Å². The summed E-state index contributed by atoms with van der Waals surface area (Å²) < 4.78 is 181. The van der Waals surface area contributed by atoms with E-state index in [0.717, 1.165) is 15.3 Å². The molecule has 0 aliphatic carbocycles. The van der Waals surface area contributed by atoms with Crippen molar-refractivity contribution in [3.8, 4) is 33.6 Å². The van der Waals surface area contributed by atoms with E-state index in [4.69, 9.17) is 19.2 Å². The van der Waals surface area contributed by atoms with Gasteiger partial charge < -0.3 is 9.13 Å². The Morgan fingerprint density at radius 2 is 0.886 bits per heavy atom. The zero-order valence-corrected chi connectivity index (χ0v) is 22.5. The lowest BCUT2D eigenvalue weighted by atomic mass is 9.99. The van der Waals surface area contributed by atoms with E-state index in [1.165, 1.54) is 0 Å². The number of nitrogens with zero attached hydrogens (tertiary/aromatic N) is 2. The summed E-state index contributed by atoms with van der Waals surface area (Å²) >= 11 is 0. The minimum Gasteiger partial charge on any atom is -0.309 e. The summed E-state index contributed by atoms with van der Waals surface area (Å²) in [5.41, 5.74) is -3.58. The molecule has 0 amide bonds. The van der Waals surface area contributed by atoms with Crippen LogP contribution in [0.5, 0.6) is 0 Å². The van der Waals surface area contributed by atoms with Crippen molar-refractivity contribution in [2.75, 3.05) is 0 Å². The molecule has 9 aromatic rings.